The molecule has 0 atom stereocenters. The van der Waals surface area contributed by atoms with Gasteiger partial charge in [-0.15, -0.1) is 0 Å². The van der Waals surface area contributed by atoms with Crippen molar-refractivity contribution in [1.82, 2.24) is 9.88 Å². The minimum atomic E-state index is -1.32. The molecule has 0 amide bonds. The Kier molecular flexibility index (Phi) is 5.55. The van der Waals surface area contributed by atoms with Crippen LogP contribution in [0.2, 0.25) is 0 Å². The Morgan fingerprint density at radius 2 is 1.87 bits per heavy atom. The van der Waals surface area contributed by atoms with Crippen LogP contribution in [0.1, 0.15) is 13.8 Å². The Bertz CT molecular complexity index is 986. The average molecular weight is 429 g/mol. The van der Waals surface area contributed by atoms with Gasteiger partial charge in [0.2, 0.25) is 0 Å². The molecule has 1 aromatic carbocycles. The Labute approximate surface area is 178 Å². The Balaban J connectivity index is 1.72. The van der Waals surface area contributed by atoms with E-state index in [0.717, 1.165) is 0 Å². The van der Waals surface area contributed by atoms with Crippen LogP contribution >= 0.6 is 0 Å². The molecule has 2 fully saturated rings. The lowest BCUT2D eigenvalue weighted by Crippen LogP contribution is -2.46. The summed E-state index contributed by atoms with van der Waals surface area (Å²) in [6.45, 7) is 4.92. The molecular weight excluding hydrogens is 406 g/mol. The maximum absolute atomic E-state index is 12.7. The van der Waals surface area contributed by atoms with Crippen molar-refractivity contribution in [3.05, 3.63) is 42.2 Å². The first-order valence-electron chi connectivity index (χ1n) is 9.75. The van der Waals surface area contributed by atoms with E-state index in [4.69, 9.17) is 23.4 Å². The number of benzene rings is 1. The fourth-order valence-electron chi connectivity index (χ4n) is 3.39. The first-order valence-corrected chi connectivity index (χ1v) is 9.75. The molecule has 2 aliphatic heterocycles. The van der Waals surface area contributed by atoms with E-state index in [9.17, 15) is 9.59 Å². The number of esters is 2. The number of hydrogen-bond donors (Lipinski definition) is 1. The van der Waals surface area contributed by atoms with Crippen molar-refractivity contribution in [2.45, 2.75) is 19.6 Å². The van der Waals surface area contributed by atoms with Gasteiger partial charge in [-0.05, 0) is 12.1 Å². The summed E-state index contributed by atoms with van der Waals surface area (Å²) < 4.78 is 26.8. The Morgan fingerprint density at radius 3 is 2.48 bits per heavy atom. The van der Waals surface area contributed by atoms with Gasteiger partial charge < -0.3 is 33.6 Å². The Hall–Kier alpha value is -3.53. The summed E-state index contributed by atoms with van der Waals surface area (Å²) in [4.78, 5) is 31.2. The second-order valence-corrected chi connectivity index (χ2v) is 7.41. The summed E-state index contributed by atoms with van der Waals surface area (Å²) >= 11 is 0. The lowest BCUT2D eigenvalue weighted by molar-refractivity contribution is -0.222. The molecule has 1 aromatic heterocycles. The summed E-state index contributed by atoms with van der Waals surface area (Å²) in [5, 5.41) is 3.18. The molecule has 0 radical (unpaired) electrons. The number of aromatic nitrogens is 1. The summed E-state index contributed by atoms with van der Waals surface area (Å²) in [5.41, 5.74) is 1.11. The quantitative estimate of drug-likeness (QED) is 0.431. The molecule has 2 aromatic rings. The van der Waals surface area contributed by atoms with Crippen LogP contribution in [0.15, 0.2) is 46.6 Å². The number of anilines is 1. The second kappa shape index (κ2) is 8.31. The van der Waals surface area contributed by atoms with E-state index in [2.05, 4.69) is 10.3 Å². The first-order chi connectivity index (χ1) is 14.9. The molecule has 10 nitrogen and oxygen atoms in total. The van der Waals surface area contributed by atoms with Gasteiger partial charge >= 0.3 is 11.9 Å². The number of hydrogen-bond acceptors (Lipinski definition) is 10. The van der Waals surface area contributed by atoms with Crippen LogP contribution in [0.25, 0.3) is 11.3 Å². The fraction of sp³-hybridized carbons (Fsp3) is 0.381. The minimum absolute atomic E-state index is 0.195. The zero-order valence-corrected chi connectivity index (χ0v) is 17.5. The van der Waals surface area contributed by atoms with Crippen LogP contribution in [0, 0.1) is 0 Å². The predicted octanol–water partition coefficient (Wildman–Crippen LogP) is 2.14. The number of carbonyl (C=O) groups excluding carboxylic acids is 2. The van der Waals surface area contributed by atoms with Crippen LogP contribution in [-0.2, 0) is 23.8 Å². The summed E-state index contributed by atoms with van der Waals surface area (Å²) in [6, 6.07) is 5.32. The van der Waals surface area contributed by atoms with E-state index in [1.165, 1.54) is 27.4 Å². The van der Waals surface area contributed by atoms with Crippen molar-refractivity contribution in [3.63, 3.8) is 0 Å². The molecule has 0 unspecified atom stereocenters. The molecule has 164 valence electrons. The van der Waals surface area contributed by atoms with E-state index in [0.29, 0.717) is 54.9 Å². The molecule has 2 aliphatic rings. The highest BCUT2D eigenvalue weighted by atomic mass is 16.7. The maximum atomic E-state index is 12.7. The van der Waals surface area contributed by atoms with Gasteiger partial charge in [-0.1, -0.05) is 0 Å². The standard InChI is InChI=1S/C21H23N3O7/c1-21(2)30-19(25)17(20(26)31-21)18(24-6-8-28-9-7-24)23-13-4-5-14(15(10-13)27-3)16-11-22-12-29-16/h4-5,10-12,23H,6-9H2,1-3H3. The molecule has 0 spiro atoms. The molecule has 0 saturated carbocycles. The van der Waals surface area contributed by atoms with Crippen molar-refractivity contribution < 1.29 is 33.0 Å². The highest BCUT2D eigenvalue weighted by Gasteiger charge is 2.42. The summed E-state index contributed by atoms with van der Waals surface area (Å²) in [6.07, 6.45) is 2.92. The normalized spacial score (nSPS) is 18.3. The topological polar surface area (TPSA) is 112 Å². The smallest absolute Gasteiger partial charge is 0.352 e. The van der Waals surface area contributed by atoms with E-state index in [1.807, 2.05) is 4.90 Å². The maximum Gasteiger partial charge on any atom is 0.352 e. The van der Waals surface area contributed by atoms with Gasteiger partial charge in [-0.3, -0.25) is 0 Å². The third kappa shape index (κ3) is 4.33. The van der Waals surface area contributed by atoms with Crippen LogP contribution in [0.3, 0.4) is 0 Å². The fourth-order valence-corrected chi connectivity index (χ4v) is 3.39. The Morgan fingerprint density at radius 1 is 1.16 bits per heavy atom. The number of ether oxygens (including phenoxy) is 4. The minimum Gasteiger partial charge on any atom is -0.496 e. The number of carbonyl (C=O) groups is 2. The highest BCUT2D eigenvalue weighted by molar-refractivity contribution is 6.16. The van der Waals surface area contributed by atoms with Gasteiger partial charge in [0.05, 0.1) is 32.1 Å². The number of methoxy groups -OCH3 is 1. The third-order valence-corrected chi connectivity index (χ3v) is 4.81. The van der Waals surface area contributed by atoms with E-state index >= 15 is 0 Å². The first kappa shape index (κ1) is 20.7. The van der Waals surface area contributed by atoms with Crippen molar-refractivity contribution in [3.8, 4) is 17.1 Å². The number of nitrogens with one attached hydrogen (secondary N) is 1. The van der Waals surface area contributed by atoms with Crippen molar-refractivity contribution in [1.29, 1.82) is 0 Å². The van der Waals surface area contributed by atoms with E-state index in [1.54, 1.807) is 24.4 Å². The molecule has 1 N–H and O–H groups in total. The number of rotatable bonds is 5. The van der Waals surface area contributed by atoms with Gasteiger partial charge in [0.15, 0.2) is 17.7 Å². The predicted molar refractivity (Wildman–Crippen MR) is 108 cm³/mol. The molecule has 31 heavy (non-hydrogen) atoms. The zero-order chi connectivity index (χ0) is 22.0. The summed E-state index contributed by atoms with van der Waals surface area (Å²) in [7, 11) is 1.54. The molecule has 4 rings (SSSR count). The molecule has 0 aliphatic carbocycles. The molecule has 10 heteroatoms. The van der Waals surface area contributed by atoms with Crippen molar-refractivity contribution >= 4 is 17.6 Å². The van der Waals surface area contributed by atoms with Crippen molar-refractivity contribution in [2.75, 3.05) is 38.7 Å². The molecule has 3 heterocycles. The molecule has 2 saturated heterocycles. The van der Waals surface area contributed by atoms with Gasteiger partial charge in [0.1, 0.15) is 11.6 Å². The van der Waals surface area contributed by atoms with Crippen LogP contribution in [0.4, 0.5) is 5.69 Å². The number of cyclic esters (lactones) is 2. The largest absolute Gasteiger partial charge is 0.496 e. The summed E-state index contributed by atoms with van der Waals surface area (Å²) in [5.74, 6) is -1.44. The molecule has 0 bridgehead atoms. The average Bonchev–Trinajstić information content (AvgIpc) is 3.27. The lowest BCUT2D eigenvalue weighted by atomic mass is 10.1. The second-order valence-electron chi connectivity index (χ2n) is 7.41. The number of morpholine rings is 1. The molecular formula is C21H23N3O7. The third-order valence-electron chi connectivity index (χ3n) is 4.81. The lowest BCUT2D eigenvalue weighted by Gasteiger charge is -2.35. The van der Waals surface area contributed by atoms with Crippen LogP contribution < -0.4 is 10.1 Å². The number of nitrogens with zero attached hydrogens (tertiary/aromatic N) is 2. The van der Waals surface area contributed by atoms with E-state index in [-0.39, 0.29) is 5.57 Å². The van der Waals surface area contributed by atoms with E-state index < -0.39 is 17.7 Å². The van der Waals surface area contributed by atoms with Crippen LogP contribution in [0.5, 0.6) is 5.75 Å². The monoisotopic (exact) mass is 429 g/mol. The van der Waals surface area contributed by atoms with Gasteiger partial charge in [-0.2, -0.15) is 0 Å². The number of oxazole rings is 1. The van der Waals surface area contributed by atoms with Gasteiger partial charge in [0, 0.05) is 38.7 Å². The van der Waals surface area contributed by atoms with Gasteiger partial charge in [0.25, 0.3) is 5.79 Å². The van der Waals surface area contributed by atoms with Crippen molar-refractivity contribution in [2.24, 2.45) is 0 Å². The van der Waals surface area contributed by atoms with Crippen LogP contribution in [-0.4, -0.2) is 61.0 Å². The SMILES string of the molecule is COc1cc(NC(=C2C(=O)OC(C)(C)OC2=O)N2CCOCC2)ccc1-c1cnco1. The zero-order valence-electron chi connectivity index (χ0n) is 17.5. The highest BCUT2D eigenvalue weighted by Crippen LogP contribution is 2.34. The van der Waals surface area contributed by atoms with Gasteiger partial charge in [-0.25, -0.2) is 14.6 Å².